The van der Waals surface area contributed by atoms with E-state index in [1.54, 1.807) is 12.1 Å². The molecule has 3 atom stereocenters. The number of carboxylic acids is 1. The lowest BCUT2D eigenvalue weighted by Crippen LogP contribution is -2.51. The van der Waals surface area contributed by atoms with Crippen LogP contribution in [0.15, 0.2) is 30.3 Å². The Morgan fingerprint density at radius 3 is 2.50 bits per heavy atom. The lowest BCUT2D eigenvalue weighted by molar-refractivity contribution is -0.893. The number of hydrogen-bond donors (Lipinski definition) is 1. The highest BCUT2D eigenvalue weighted by atomic mass is 16.6. The highest BCUT2D eigenvalue weighted by molar-refractivity contribution is 5.81. The molecular weight excluding hydrogens is 334 g/mol. The first-order valence-corrected chi connectivity index (χ1v) is 9.36. The van der Waals surface area contributed by atoms with Crippen LogP contribution >= 0.6 is 0 Å². The van der Waals surface area contributed by atoms with Crippen molar-refractivity contribution in [2.24, 2.45) is 5.92 Å². The van der Waals surface area contributed by atoms with E-state index in [9.17, 15) is 19.8 Å². The van der Waals surface area contributed by atoms with Gasteiger partial charge in [0.2, 0.25) is 0 Å². The smallest absolute Gasteiger partial charge is 0.343 e. The van der Waals surface area contributed by atoms with Gasteiger partial charge in [0.05, 0.1) is 19.6 Å². The Hall–Kier alpha value is -1.92. The third kappa shape index (κ3) is 3.76. The van der Waals surface area contributed by atoms with Gasteiger partial charge in [-0.25, -0.2) is 4.79 Å². The lowest BCUT2D eigenvalue weighted by atomic mass is 9.80. The quantitative estimate of drug-likeness (QED) is 0.592. The average Bonchev–Trinajstić information content (AvgIpc) is 3.25. The summed E-state index contributed by atoms with van der Waals surface area (Å²) in [5.41, 5.74) is -1.07. The van der Waals surface area contributed by atoms with Crippen LogP contribution in [0.2, 0.25) is 0 Å². The fraction of sp³-hybridized carbons (Fsp3) is 0.600. The maximum absolute atomic E-state index is 13.0. The molecule has 2 fully saturated rings. The molecule has 2 unspecified atom stereocenters. The van der Waals surface area contributed by atoms with Crippen LogP contribution in [0.25, 0.3) is 0 Å². The number of carbonyl (C=O) groups excluding carboxylic acids is 2. The lowest BCUT2D eigenvalue weighted by Gasteiger charge is -2.33. The van der Waals surface area contributed by atoms with Gasteiger partial charge in [0.15, 0.2) is 11.7 Å². The predicted octanol–water partition coefficient (Wildman–Crippen LogP) is 0.576. The number of benzene rings is 1. The molecule has 0 spiro atoms. The van der Waals surface area contributed by atoms with Crippen molar-refractivity contribution in [2.45, 2.75) is 43.8 Å². The summed E-state index contributed by atoms with van der Waals surface area (Å²) in [6, 6.07) is 9.01. The van der Waals surface area contributed by atoms with E-state index in [2.05, 4.69) is 0 Å². The van der Waals surface area contributed by atoms with Crippen LogP contribution in [-0.4, -0.2) is 54.3 Å². The van der Waals surface area contributed by atoms with Gasteiger partial charge in [0.1, 0.15) is 13.1 Å². The van der Waals surface area contributed by atoms with Crippen LogP contribution in [0.4, 0.5) is 0 Å². The van der Waals surface area contributed by atoms with Crippen molar-refractivity contribution in [3.63, 3.8) is 0 Å². The summed E-state index contributed by atoms with van der Waals surface area (Å²) in [5, 5.41) is 22.3. The van der Waals surface area contributed by atoms with E-state index in [1.807, 2.05) is 25.2 Å². The van der Waals surface area contributed by atoms with Crippen molar-refractivity contribution in [1.82, 2.24) is 0 Å². The molecule has 1 aromatic rings. The molecule has 1 aliphatic heterocycles. The maximum Gasteiger partial charge on any atom is 0.343 e. The van der Waals surface area contributed by atoms with E-state index < -0.39 is 17.5 Å². The molecule has 1 saturated heterocycles. The molecule has 0 aromatic heterocycles. The number of carboxylic acid groups (broad SMARTS) is 1. The summed E-state index contributed by atoms with van der Waals surface area (Å²) < 4.78 is 5.99. The van der Waals surface area contributed by atoms with E-state index in [0.717, 1.165) is 25.7 Å². The van der Waals surface area contributed by atoms with Gasteiger partial charge in [0, 0.05) is 12.3 Å². The molecular formula is C20H27NO5. The Morgan fingerprint density at radius 2 is 1.88 bits per heavy atom. The first-order chi connectivity index (χ1) is 12.3. The van der Waals surface area contributed by atoms with Gasteiger partial charge in [-0.1, -0.05) is 43.2 Å². The molecule has 0 bridgehead atoms. The minimum atomic E-state index is -1.64. The summed E-state index contributed by atoms with van der Waals surface area (Å²) in [6.45, 7) is 0.938. The summed E-state index contributed by atoms with van der Waals surface area (Å²) in [7, 11) is 1.82. The first kappa shape index (κ1) is 18.9. The minimum Gasteiger partial charge on any atom is -0.544 e. The van der Waals surface area contributed by atoms with Gasteiger partial charge in [-0.05, 0) is 18.4 Å². The van der Waals surface area contributed by atoms with Crippen LogP contribution in [0.3, 0.4) is 0 Å². The van der Waals surface area contributed by atoms with E-state index in [1.165, 1.54) is 0 Å². The van der Waals surface area contributed by atoms with E-state index >= 15 is 0 Å². The molecule has 1 N–H and O–H groups in total. The number of ether oxygens (including phenoxy) is 1. The number of quaternary nitrogens is 1. The number of hydrogen-bond acceptors (Lipinski definition) is 5. The maximum atomic E-state index is 13.0. The van der Waals surface area contributed by atoms with Crippen molar-refractivity contribution in [2.75, 3.05) is 26.7 Å². The Morgan fingerprint density at radius 1 is 1.23 bits per heavy atom. The monoisotopic (exact) mass is 361 g/mol. The normalized spacial score (nSPS) is 28.6. The van der Waals surface area contributed by atoms with Gasteiger partial charge in [-0.3, -0.25) is 0 Å². The van der Waals surface area contributed by atoms with Crippen LogP contribution in [-0.2, 0) is 19.9 Å². The topological polar surface area (TPSA) is 86.7 Å². The summed E-state index contributed by atoms with van der Waals surface area (Å²) in [4.78, 5) is 24.0. The molecule has 3 rings (SSSR count). The average molecular weight is 361 g/mol. The van der Waals surface area contributed by atoms with E-state index in [4.69, 9.17) is 4.74 Å². The number of carbonyl (C=O) groups is 2. The first-order valence-electron chi connectivity index (χ1n) is 9.36. The molecule has 2 aliphatic rings. The van der Waals surface area contributed by atoms with Crippen LogP contribution in [0.1, 0.15) is 37.7 Å². The zero-order chi connectivity index (χ0) is 18.8. The second-order valence-electron chi connectivity index (χ2n) is 7.99. The van der Waals surface area contributed by atoms with Crippen molar-refractivity contribution < 1.29 is 29.0 Å². The molecule has 26 heavy (non-hydrogen) atoms. The molecule has 6 heteroatoms. The number of rotatable bonds is 6. The Balaban J connectivity index is 1.76. The number of esters is 1. The Kier molecular flexibility index (Phi) is 5.34. The number of likely N-dealkylation sites (N-methyl/N-ethyl adjacent to an activating group) is 1. The largest absolute Gasteiger partial charge is 0.544 e. The van der Waals surface area contributed by atoms with Crippen LogP contribution in [0, 0.1) is 5.92 Å². The highest BCUT2D eigenvalue weighted by Crippen LogP contribution is 2.42. The molecule has 0 radical (unpaired) electrons. The zero-order valence-electron chi connectivity index (χ0n) is 15.2. The third-order valence-electron chi connectivity index (χ3n) is 5.89. The minimum absolute atomic E-state index is 0.0976. The second kappa shape index (κ2) is 7.37. The predicted molar refractivity (Wildman–Crippen MR) is 92.6 cm³/mol. The van der Waals surface area contributed by atoms with Crippen molar-refractivity contribution >= 4 is 11.9 Å². The SMILES string of the molecule is C[N+]1(CC(=O)[O-])CC[C@H](OC(=O)C(O)(c2ccccc2)C2CCCC2)C1. The van der Waals surface area contributed by atoms with E-state index in [-0.39, 0.29) is 23.0 Å². The molecule has 142 valence electrons. The summed E-state index contributed by atoms with van der Waals surface area (Å²) in [5.74, 6) is -1.86. The van der Waals surface area contributed by atoms with Gasteiger partial charge in [-0.15, -0.1) is 0 Å². The number of aliphatic hydroxyl groups is 1. The van der Waals surface area contributed by atoms with Gasteiger partial charge >= 0.3 is 5.97 Å². The van der Waals surface area contributed by atoms with Gasteiger partial charge in [0.25, 0.3) is 0 Å². The fourth-order valence-electron chi connectivity index (χ4n) is 4.48. The van der Waals surface area contributed by atoms with Gasteiger partial charge in [-0.2, -0.15) is 0 Å². The number of aliphatic carboxylic acids is 1. The van der Waals surface area contributed by atoms with Gasteiger partial charge < -0.3 is 24.2 Å². The van der Waals surface area contributed by atoms with Crippen LogP contribution in [0.5, 0.6) is 0 Å². The molecule has 1 saturated carbocycles. The molecule has 6 nitrogen and oxygen atoms in total. The summed E-state index contributed by atoms with van der Waals surface area (Å²) >= 11 is 0. The van der Waals surface area contributed by atoms with Crippen molar-refractivity contribution in [1.29, 1.82) is 0 Å². The summed E-state index contributed by atoms with van der Waals surface area (Å²) in [6.07, 6.45) is 3.79. The highest BCUT2D eigenvalue weighted by Gasteiger charge is 2.49. The number of nitrogens with zero attached hydrogens (tertiary/aromatic N) is 1. The Bertz CT molecular complexity index is 657. The van der Waals surface area contributed by atoms with E-state index in [0.29, 0.717) is 25.1 Å². The second-order valence-corrected chi connectivity index (χ2v) is 7.99. The van der Waals surface area contributed by atoms with Crippen molar-refractivity contribution in [3.05, 3.63) is 35.9 Å². The van der Waals surface area contributed by atoms with Crippen LogP contribution < -0.4 is 5.11 Å². The molecule has 0 amide bonds. The van der Waals surface area contributed by atoms with Crippen molar-refractivity contribution in [3.8, 4) is 0 Å². The number of likely N-dealkylation sites (tertiary alicyclic amines) is 1. The zero-order valence-corrected chi connectivity index (χ0v) is 15.2. The molecule has 1 aliphatic carbocycles. The fourth-order valence-corrected chi connectivity index (χ4v) is 4.48. The third-order valence-corrected chi connectivity index (χ3v) is 5.89. The Labute approximate surface area is 154 Å². The standard InChI is InChI=1S/C20H27NO5/c1-21(14-18(22)23)12-11-17(13-21)26-19(24)20(25,16-9-5-6-10-16)15-7-3-2-4-8-15/h2-4,7-8,16-17,25H,5-6,9-14H2,1H3/t17-,20?,21?/m0/s1. The molecule has 1 heterocycles. The molecule has 1 aromatic carbocycles.